The van der Waals surface area contributed by atoms with E-state index in [9.17, 15) is 14.4 Å². The second kappa shape index (κ2) is 8.46. The van der Waals surface area contributed by atoms with Gasteiger partial charge in [0.15, 0.2) is 12.2 Å². The third-order valence-corrected chi connectivity index (χ3v) is 2.77. The summed E-state index contributed by atoms with van der Waals surface area (Å²) in [4.78, 5) is 30.0. The molecule has 1 heterocycles. The topological polar surface area (TPSA) is 164 Å². The van der Waals surface area contributed by atoms with Crippen molar-refractivity contribution in [1.82, 2.24) is 5.32 Å². The zero-order chi connectivity index (χ0) is 15.9. The fourth-order valence-electron chi connectivity index (χ4n) is 1.57. The summed E-state index contributed by atoms with van der Waals surface area (Å²) in [7, 11) is 0. The minimum Gasteiger partial charge on any atom is -0.480 e. The summed E-state index contributed by atoms with van der Waals surface area (Å²) in [6.07, 6.45) is -2.66. The fraction of sp³-hybridized carbons (Fsp3) is 0.727. The van der Waals surface area contributed by atoms with Crippen LogP contribution in [0.2, 0.25) is 0 Å². The SMILES string of the molecule is C[C@@H]1CCN[C@@H](C(=O)O)C1.O=C(O)C(O)C(O)C(=O)O. The van der Waals surface area contributed by atoms with Gasteiger partial charge < -0.3 is 30.8 Å². The second-order valence-corrected chi connectivity index (χ2v) is 4.54. The molecule has 1 aliphatic rings. The third-order valence-electron chi connectivity index (χ3n) is 2.77. The predicted octanol–water partition coefficient (Wildman–Crippen LogP) is -1.66. The smallest absolute Gasteiger partial charge is 0.335 e. The molecule has 2 unspecified atom stereocenters. The van der Waals surface area contributed by atoms with E-state index < -0.39 is 30.1 Å². The van der Waals surface area contributed by atoms with Gasteiger partial charge in [-0.15, -0.1) is 0 Å². The van der Waals surface area contributed by atoms with Crippen LogP contribution in [-0.2, 0) is 14.4 Å². The Hall–Kier alpha value is -1.71. The molecule has 9 nitrogen and oxygen atoms in total. The van der Waals surface area contributed by atoms with Crippen LogP contribution in [0.4, 0.5) is 0 Å². The summed E-state index contributed by atoms with van der Waals surface area (Å²) < 4.78 is 0. The highest BCUT2D eigenvalue weighted by molar-refractivity contribution is 5.83. The van der Waals surface area contributed by atoms with Crippen molar-refractivity contribution in [2.75, 3.05) is 6.54 Å². The minimum atomic E-state index is -2.27. The molecule has 0 aromatic rings. The number of nitrogens with one attached hydrogen (secondary N) is 1. The van der Waals surface area contributed by atoms with Crippen molar-refractivity contribution in [3.63, 3.8) is 0 Å². The maximum Gasteiger partial charge on any atom is 0.335 e. The monoisotopic (exact) mass is 293 g/mol. The standard InChI is InChI=1S/C7H13NO2.C4H6O6/c1-5-2-3-8-6(4-5)7(9)10;5-1(3(7)8)2(6)4(9)10/h5-6,8H,2-4H2,1H3,(H,9,10);1-2,5-6H,(H,7,8)(H,9,10)/t5-,6-;/m1./s1. The van der Waals surface area contributed by atoms with Crippen molar-refractivity contribution in [1.29, 1.82) is 0 Å². The van der Waals surface area contributed by atoms with Crippen molar-refractivity contribution < 1.29 is 39.9 Å². The van der Waals surface area contributed by atoms with Gasteiger partial charge in [-0.25, -0.2) is 9.59 Å². The van der Waals surface area contributed by atoms with Crippen LogP contribution >= 0.6 is 0 Å². The molecule has 0 bridgehead atoms. The van der Waals surface area contributed by atoms with Gasteiger partial charge in [0.2, 0.25) is 0 Å². The van der Waals surface area contributed by atoms with Crippen LogP contribution < -0.4 is 5.32 Å². The molecule has 116 valence electrons. The van der Waals surface area contributed by atoms with E-state index in [1.807, 2.05) is 0 Å². The number of hydrogen-bond donors (Lipinski definition) is 6. The summed E-state index contributed by atoms with van der Waals surface area (Å²) in [5, 5.41) is 44.1. The Labute approximate surface area is 114 Å². The number of aliphatic hydroxyl groups excluding tert-OH is 2. The molecule has 0 aromatic heterocycles. The van der Waals surface area contributed by atoms with Gasteiger partial charge in [0.1, 0.15) is 6.04 Å². The Kier molecular flexibility index (Phi) is 7.74. The van der Waals surface area contributed by atoms with E-state index in [0.29, 0.717) is 5.92 Å². The maximum absolute atomic E-state index is 10.4. The van der Waals surface area contributed by atoms with E-state index in [0.717, 1.165) is 19.4 Å². The molecule has 20 heavy (non-hydrogen) atoms. The van der Waals surface area contributed by atoms with Gasteiger partial charge in [-0.05, 0) is 25.3 Å². The summed E-state index contributed by atoms with van der Waals surface area (Å²) >= 11 is 0. The third kappa shape index (κ3) is 6.45. The molecule has 0 amide bonds. The Bertz CT molecular complexity index is 340. The molecule has 4 atom stereocenters. The van der Waals surface area contributed by atoms with E-state index >= 15 is 0 Å². The van der Waals surface area contributed by atoms with Crippen LogP contribution in [0.15, 0.2) is 0 Å². The Morgan fingerprint density at radius 2 is 1.50 bits per heavy atom. The Morgan fingerprint density at radius 3 is 1.75 bits per heavy atom. The first-order chi connectivity index (χ1) is 9.16. The highest BCUT2D eigenvalue weighted by Gasteiger charge is 2.29. The highest BCUT2D eigenvalue weighted by atomic mass is 16.4. The maximum atomic E-state index is 10.4. The van der Waals surface area contributed by atoms with E-state index in [1.165, 1.54) is 0 Å². The summed E-state index contributed by atoms with van der Waals surface area (Å²) in [6.45, 7) is 2.94. The summed E-state index contributed by atoms with van der Waals surface area (Å²) in [6, 6.07) is -0.302. The average molecular weight is 293 g/mol. The minimum absolute atomic E-state index is 0.302. The second-order valence-electron chi connectivity index (χ2n) is 4.54. The molecule has 1 fully saturated rings. The molecule has 0 saturated carbocycles. The normalized spacial score (nSPS) is 24.8. The lowest BCUT2D eigenvalue weighted by Crippen LogP contribution is -2.42. The summed E-state index contributed by atoms with van der Waals surface area (Å²) in [5.74, 6) is -3.70. The lowest BCUT2D eigenvalue weighted by molar-refractivity contribution is -0.165. The molecule has 0 aliphatic carbocycles. The molecule has 0 aromatic carbocycles. The number of aliphatic hydroxyl groups is 2. The molecular weight excluding hydrogens is 274 g/mol. The summed E-state index contributed by atoms with van der Waals surface area (Å²) in [5.41, 5.74) is 0. The quantitative estimate of drug-likeness (QED) is 0.355. The zero-order valence-corrected chi connectivity index (χ0v) is 10.9. The molecule has 6 N–H and O–H groups in total. The molecule has 1 rings (SSSR count). The molecule has 9 heteroatoms. The number of carboxylic acids is 3. The van der Waals surface area contributed by atoms with Crippen LogP contribution in [0.25, 0.3) is 0 Å². The number of hydrogen-bond acceptors (Lipinski definition) is 6. The number of piperidine rings is 1. The first kappa shape index (κ1) is 18.3. The van der Waals surface area contributed by atoms with Crippen LogP contribution in [0, 0.1) is 5.92 Å². The van der Waals surface area contributed by atoms with Crippen molar-refractivity contribution in [3.05, 3.63) is 0 Å². The Balaban J connectivity index is 0.000000361. The molecule has 0 spiro atoms. The molecule has 1 saturated heterocycles. The lowest BCUT2D eigenvalue weighted by atomic mass is 9.94. The van der Waals surface area contributed by atoms with Crippen LogP contribution in [0.1, 0.15) is 19.8 Å². The van der Waals surface area contributed by atoms with Gasteiger partial charge in [0.05, 0.1) is 0 Å². The van der Waals surface area contributed by atoms with Gasteiger partial charge in [-0.1, -0.05) is 6.92 Å². The van der Waals surface area contributed by atoms with Gasteiger partial charge in [-0.3, -0.25) is 4.79 Å². The van der Waals surface area contributed by atoms with E-state index in [2.05, 4.69) is 12.2 Å². The average Bonchev–Trinajstić information content (AvgIpc) is 2.37. The van der Waals surface area contributed by atoms with Gasteiger partial charge in [0.25, 0.3) is 0 Å². The van der Waals surface area contributed by atoms with Crippen LogP contribution in [-0.4, -0.2) is 68.2 Å². The van der Waals surface area contributed by atoms with E-state index in [-0.39, 0.29) is 6.04 Å². The van der Waals surface area contributed by atoms with Crippen molar-refractivity contribution in [2.45, 2.75) is 38.0 Å². The predicted molar refractivity (Wildman–Crippen MR) is 65.1 cm³/mol. The van der Waals surface area contributed by atoms with E-state index in [1.54, 1.807) is 0 Å². The number of rotatable bonds is 4. The Morgan fingerprint density at radius 1 is 1.05 bits per heavy atom. The highest BCUT2D eigenvalue weighted by Crippen LogP contribution is 2.14. The first-order valence-electron chi connectivity index (χ1n) is 5.94. The largest absolute Gasteiger partial charge is 0.480 e. The number of carbonyl (C=O) groups is 3. The van der Waals surface area contributed by atoms with Crippen molar-refractivity contribution in [2.24, 2.45) is 5.92 Å². The number of carboxylic acid groups (broad SMARTS) is 3. The van der Waals surface area contributed by atoms with Gasteiger partial charge in [-0.2, -0.15) is 0 Å². The molecule has 0 radical (unpaired) electrons. The van der Waals surface area contributed by atoms with Crippen molar-refractivity contribution >= 4 is 17.9 Å². The number of aliphatic carboxylic acids is 3. The van der Waals surface area contributed by atoms with Gasteiger partial charge in [0, 0.05) is 0 Å². The van der Waals surface area contributed by atoms with Crippen LogP contribution in [0.5, 0.6) is 0 Å². The fourth-order valence-corrected chi connectivity index (χ4v) is 1.57. The zero-order valence-electron chi connectivity index (χ0n) is 10.9. The van der Waals surface area contributed by atoms with Crippen LogP contribution in [0.3, 0.4) is 0 Å². The van der Waals surface area contributed by atoms with E-state index in [4.69, 9.17) is 25.5 Å². The first-order valence-corrected chi connectivity index (χ1v) is 5.94. The molecule has 1 aliphatic heterocycles. The molecular formula is C11H19NO8. The lowest BCUT2D eigenvalue weighted by Gasteiger charge is -2.24. The van der Waals surface area contributed by atoms with Gasteiger partial charge >= 0.3 is 17.9 Å². The van der Waals surface area contributed by atoms with Crippen molar-refractivity contribution in [3.8, 4) is 0 Å².